The van der Waals surface area contributed by atoms with Crippen LogP contribution >= 0.6 is 12.2 Å². The fraction of sp³-hybridized carbons (Fsp3) is 0.385. The van der Waals surface area contributed by atoms with Crippen molar-refractivity contribution in [2.24, 2.45) is 11.1 Å². The summed E-state index contributed by atoms with van der Waals surface area (Å²) in [5.74, 6) is 0.890. The first-order chi connectivity index (χ1) is 8.81. The fourth-order valence-electron chi connectivity index (χ4n) is 1.28. The van der Waals surface area contributed by atoms with Crippen molar-refractivity contribution in [3.8, 4) is 11.5 Å². The zero-order valence-corrected chi connectivity index (χ0v) is 12.3. The Morgan fingerprint density at radius 1 is 1.21 bits per heavy atom. The van der Waals surface area contributed by atoms with Crippen LogP contribution in [0.25, 0.3) is 0 Å². The van der Waals surface area contributed by atoms with E-state index in [0.717, 1.165) is 0 Å². The van der Waals surface area contributed by atoms with Crippen LogP contribution in [0.2, 0.25) is 0 Å². The number of rotatable bonds is 5. The first-order valence-electron chi connectivity index (χ1n) is 5.65. The number of carbonyl (C=O) groups excluding carboxylic acids is 1. The molecule has 0 spiro atoms. The standard InChI is InChI=1S/C13H18N2O3S/c1-13(2,11(14)19)12(16)15-8-5-9(17-3)7-10(6-8)18-4/h5-7H,1-4H3,(H2,14,19)(H,15,16). The first-order valence-corrected chi connectivity index (χ1v) is 6.06. The molecule has 0 heterocycles. The minimum atomic E-state index is -0.925. The summed E-state index contributed by atoms with van der Waals surface area (Å²) < 4.78 is 10.3. The van der Waals surface area contributed by atoms with Crippen LogP contribution in [0.15, 0.2) is 18.2 Å². The van der Waals surface area contributed by atoms with Gasteiger partial charge in [0, 0.05) is 23.9 Å². The molecule has 0 bridgehead atoms. The second-order valence-electron chi connectivity index (χ2n) is 4.54. The van der Waals surface area contributed by atoms with Crippen molar-refractivity contribution in [1.29, 1.82) is 0 Å². The number of ether oxygens (including phenoxy) is 2. The lowest BCUT2D eigenvalue weighted by Gasteiger charge is -2.22. The summed E-state index contributed by atoms with van der Waals surface area (Å²) in [6.07, 6.45) is 0. The number of anilines is 1. The van der Waals surface area contributed by atoms with E-state index in [-0.39, 0.29) is 10.9 Å². The summed E-state index contributed by atoms with van der Waals surface area (Å²) >= 11 is 4.89. The van der Waals surface area contributed by atoms with Gasteiger partial charge in [-0.3, -0.25) is 4.79 Å². The number of amides is 1. The van der Waals surface area contributed by atoms with Gasteiger partial charge in [0.25, 0.3) is 0 Å². The van der Waals surface area contributed by atoms with Crippen LogP contribution in [-0.4, -0.2) is 25.1 Å². The van der Waals surface area contributed by atoms with Crippen molar-refractivity contribution >= 4 is 28.8 Å². The maximum Gasteiger partial charge on any atom is 0.236 e. The average molecular weight is 282 g/mol. The molecule has 0 radical (unpaired) electrons. The second-order valence-corrected chi connectivity index (χ2v) is 4.98. The van der Waals surface area contributed by atoms with Gasteiger partial charge in [-0.05, 0) is 13.8 Å². The Labute approximate surface area is 118 Å². The van der Waals surface area contributed by atoms with E-state index in [1.165, 1.54) is 0 Å². The van der Waals surface area contributed by atoms with E-state index >= 15 is 0 Å². The van der Waals surface area contributed by atoms with Crippen LogP contribution in [0.4, 0.5) is 5.69 Å². The molecule has 0 fully saturated rings. The molecule has 1 rings (SSSR count). The van der Waals surface area contributed by atoms with E-state index in [2.05, 4.69) is 5.32 Å². The van der Waals surface area contributed by atoms with Gasteiger partial charge in [0.15, 0.2) is 0 Å². The first kappa shape index (κ1) is 15.2. The van der Waals surface area contributed by atoms with Gasteiger partial charge in [-0.25, -0.2) is 0 Å². The van der Waals surface area contributed by atoms with E-state index in [1.54, 1.807) is 46.3 Å². The summed E-state index contributed by atoms with van der Waals surface area (Å²) in [5.41, 5.74) is 5.19. The highest BCUT2D eigenvalue weighted by atomic mass is 32.1. The zero-order valence-electron chi connectivity index (χ0n) is 11.4. The van der Waals surface area contributed by atoms with E-state index in [1.807, 2.05) is 0 Å². The van der Waals surface area contributed by atoms with Gasteiger partial charge >= 0.3 is 0 Å². The molecule has 6 heteroatoms. The number of benzene rings is 1. The van der Waals surface area contributed by atoms with Crippen molar-refractivity contribution in [3.63, 3.8) is 0 Å². The molecule has 0 aliphatic carbocycles. The van der Waals surface area contributed by atoms with E-state index in [9.17, 15) is 4.79 Å². The molecule has 19 heavy (non-hydrogen) atoms. The summed E-state index contributed by atoms with van der Waals surface area (Å²) in [4.78, 5) is 12.3. The van der Waals surface area contributed by atoms with Crippen LogP contribution in [-0.2, 0) is 4.79 Å². The highest BCUT2D eigenvalue weighted by molar-refractivity contribution is 7.80. The predicted molar refractivity (Wildman–Crippen MR) is 78.7 cm³/mol. The number of hydrogen-bond donors (Lipinski definition) is 2. The number of nitrogens with two attached hydrogens (primary N) is 1. The van der Waals surface area contributed by atoms with Crippen molar-refractivity contribution < 1.29 is 14.3 Å². The van der Waals surface area contributed by atoms with E-state index < -0.39 is 5.41 Å². The second kappa shape index (κ2) is 5.88. The topological polar surface area (TPSA) is 73.6 Å². The lowest BCUT2D eigenvalue weighted by molar-refractivity contribution is -0.121. The van der Waals surface area contributed by atoms with Crippen LogP contribution in [0.5, 0.6) is 11.5 Å². The number of methoxy groups -OCH3 is 2. The molecule has 0 aliphatic rings. The van der Waals surface area contributed by atoms with Crippen LogP contribution < -0.4 is 20.5 Å². The number of nitrogens with one attached hydrogen (secondary N) is 1. The van der Waals surface area contributed by atoms with Gasteiger partial charge in [0.1, 0.15) is 11.5 Å². The molecule has 104 valence electrons. The maximum atomic E-state index is 12.1. The lowest BCUT2D eigenvalue weighted by atomic mass is 9.92. The third-order valence-electron chi connectivity index (χ3n) is 2.79. The van der Waals surface area contributed by atoms with Gasteiger partial charge in [0.2, 0.25) is 5.91 Å². The minimum Gasteiger partial charge on any atom is -0.497 e. The Bertz CT molecular complexity index is 478. The highest BCUT2D eigenvalue weighted by Gasteiger charge is 2.31. The molecule has 0 unspecified atom stereocenters. The Hall–Kier alpha value is -1.82. The van der Waals surface area contributed by atoms with Crippen molar-refractivity contribution in [1.82, 2.24) is 0 Å². The molecular weight excluding hydrogens is 264 g/mol. The summed E-state index contributed by atoms with van der Waals surface area (Å²) in [6, 6.07) is 5.10. The molecule has 1 aromatic carbocycles. The smallest absolute Gasteiger partial charge is 0.236 e. The Morgan fingerprint density at radius 3 is 2.05 bits per heavy atom. The monoisotopic (exact) mass is 282 g/mol. The molecule has 1 aromatic rings. The summed E-state index contributed by atoms with van der Waals surface area (Å²) in [6.45, 7) is 3.34. The van der Waals surface area contributed by atoms with E-state index in [4.69, 9.17) is 27.4 Å². The molecule has 0 aromatic heterocycles. The Morgan fingerprint density at radius 2 is 1.68 bits per heavy atom. The molecule has 1 amide bonds. The van der Waals surface area contributed by atoms with E-state index in [0.29, 0.717) is 17.2 Å². The molecule has 0 atom stereocenters. The highest BCUT2D eigenvalue weighted by Crippen LogP contribution is 2.27. The largest absolute Gasteiger partial charge is 0.497 e. The summed E-state index contributed by atoms with van der Waals surface area (Å²) in [7, 11) is 3.08. The minimum absolute atomic E-state index is 0.139. The lowest BCUT2D eigenvalue weighted by Crippen LogP contribution is -2.41. The predicted octanol–water partition coefficient (Wildman–Crippen LogP) is 1.95. The van der Waals surface area contributed by atoms with Crippen molar-refractivity contribution in [2.75, 3.05) is 19.5 Å². The Balaban J connectivity index is 2.99. The fourth-order valence-corrected chi connectivity index (χ4v) is 1.37. The number of thiocarbonyl (C=S) groups is 1. The van der Waals surface area contributed by atoms with Crippen LogP contribution in [0.1, 0.15) is 13.8 Å². The van der Waals surface area contributed by atoms with Gasteiger partial charge < -0.3 is 20.5 Å². The van der Waals surface area contributed by atoms with Gasteiger partial charge in [-0.2, -0.15) is 0 Å². The average Bonchev–Trinajstić information content (AvgIpc) is 2.37. The molecule has 0 saturated carbocycles. The molecule has 5 nitrogen and oxygen atoms in total. The molecule has 0 saturated heterocycles. The third kappa shape index (κ3) is 3.57. The van der Waals surface area contributed by atoms with Gasteiger partial charge in [-0.15, -0.1) is 0 Å². The number of hydrogen-bond acceptors (Lipinski definition) is 4. The van der Waals surface area contributed by atoms with Gasteiger partial charge in [0.05, 0.1) is 24.6 Å². The van der Waals surface area contributed by atoms with Crippen molar-refractivity contribution in [3.05, 3.63) is 18.2 Å². The number of carbonyl (C=O) groups is 1. The quantitative estimate of drug-likeness (QED) is 0.808. The Kier molecular flexibility index (Phi) is 4.72. The SMILES string of the molecule is COc1cc(NC(=O)C(C)(C)C(N)=S)cc(OC)c1. The molecule has 3 N–H and O–H groups in total. The summed E-state index contributed by atoms with van der Waals surface area (Å²) in [5, 5.41) is 2.75. The zero-order chi connectivity index (χ0) is 14.6. The van der Waals surface area contributed by atoms with Crippen LogP contribution in [0.3, 0.4) is 0 Å². The van der Waals surface area contributed by atoms with Crippen molar-refractivity contribution in [2.45, 2.75) is 13.8 Å². The maximum absolute atomic E-state index is 12.1. The normalized spacial score (nSPS) is 10.7. The molecule has 0 aliphatic heterocycles. The van der Waals surface area contributed by atoms with Gasteiger partial charge in [-0.1, -0.05) is 12.2 Å². The van der Waals surface area contributed by atoms with Crippen LogP contribution in [0, 0.1) is 5.41 Å². The molecular formula is C13H18N2O3S. The third-order valence-corrected chi connectivity index (χ3v) is 3.30.